The standard InChI is InChI=1S/C11H18N2O/c1-11(2,12-3)7-9-5-6-10(14-4)13-8-9/h5-6,8,12H,7H2,1-4H3. The van der Waals surface area contributed by atoms with E-state index in [1.165, 1.54) is 5.56 Å². The molecule has 0 radical (unpaired) electrons. The second-order valence-electron chi connectivity index (χ2n) is 4.02. The van der Waals surface area contributed by atoms with Crippen LogP contribution in [0.5, 0.6) is 5.88 Å². The van der Waals surface area contributed by atoms with Gasteiger partial charge in [-0.05, 0) is 32.9 Å². The van der Waals surface area contributed by atoms with Crippen LogP contribution in [0.3, 0.4) is 0 Å². The SMILES string of the molecule is CNC(C)(C)Cc1ccc(OC)nc1. The molecular formula is C11H18N2O. The van der Waals surface area contributed by atoms with Gasteiger partial charge in [0.05, 0.1) is 7.11 Å². The van der Waals surface area contributed by atoms with E-state index < -0.39 is 0 Å². The minimum absolute atomic E-state index is 0.107. The van der Waals surface area contributed by atoms with Gasteiger partial charge in [0.15, 0.2) is 0 Å². The summed E-state index contributed by atoms with van der Waals surface area (Å²) >= 11 is 0. The van der Waals surface area contributed by atoms with Gasteiger partial charge in [0.25, 0.3) is 0 Å². The maximum Gasteiger partial charge on any atom is 0.212 e. The van der Waals surface area contributed by atoms with Crippen LogP contribution in [0.1, 0.15) is 19.4 Å². The second-order valence-corrected chi connectivity index (χ2v) is 4.02. The molecule has 0 aliphatic carbocycles. The molecule has 0 atom stereocenters. The first kappa shape index (κ1) is 11.0. The van der Waals surface area contributed by atoms with Crippen molar-refractivity contribution >= 4 is 0 Å². The Kier molecular flexibility index (Phi) is 3.47. The maximum absolute atomic E-state index is 5.00. The van der Waals surface area contributed by atoms with E-state index in [4.69, 9.17) is 4.74 Å². The van der Waals surface area contributed by atoms with Gasteiger partial charge in [0.1, 0.15) is 0 Å². The van der Waals surface area contributed by atoms with Crippen molar-refractivity contribution in [3.05, 3.63) is 23.9 Å². The number of hydrogen-bond acceptors (Lipinski definition) is 3. The highest BCUT2D eigenvalue weighted by atomic mass is 16.5. The fourth-order valence-electron chi connectivity index (χ4n) is 1.23. The summed E-state index contributed by atoms with van der Waals surface area (Å²) in [6.45, 7) is 4.33. The van der Waals surface area contributed by atoms with Crippen molar-refractivity contribution in [3.8, 4) is 5.88 Å². The molecule has 0 aliphatic rings. The minimum atomic E-state index is 0.107. The zero-order chi connectivity index (χ0) is 10.6. The van der Waals surface area contributed by atoms with Crippen LogP contribution in [0.25, 0.3) is 0 Å². The predicted octanol–water partition coefficient (Wildman–Crippen LogP) is 1.63. The van der Waals surface area contributed by atoms with E-state index in [0.717, 1.165) is 6.42 Å². The lowest BCUT2D eigenvalue weighted by Crippen LogP contribution is -2.38. The fourth-order valence-corrected chi connectivity index (χ4v) is 1.23. The Labute approximate surface area is 85.5 Å². The molecule has 0 saturated carbocycles. The predicted molar refractivity (Wildman–Crippen MR) is 57.6 cm³/mol. The van der Waals surface area contributed by atoms with Crippen molar-refractivity contribution in [2.45, 2.75) is 25.8 Å². The largest absolute Gasteiger partial charge is 0.481 e. The monoisotopic (exact) mass is 194 g/mol. The quantitative estimate of drug-likeness (QED) is 0.791. The number of methoxy groups -OCH3 is 1. The number of rotatable bonds is 4. The number of nitrogens with one attached hydrogen (secondary N) is 1. The molecule has 0 amide bonds. The second kappa shape index (κ2) is 4.42. The molecule has 0 bridgehead atoms. The molecule has 1 rings (SSSR count). The molecule has 0 unspecified atom stereocenters. The van der Waals surface area contributed by atoms with Gasteiger partial charge in [0.2, 0.25) is 5.88 Å². The molecule has 1 N–H and O–H groups in total. The van der Waals surface area contributed by atoms with Crippen molar-refractivity contribution in [2.75, 3.05) is 14.2 Å². The van der Waals surface area contributed by atoms with Gasteiger partial charge in [-0.15, -0.1) is 0 Å². The lowest BCUT2D eigenvalue weighted by molar-refractivity contribution is 0.395. The highest BCUT2D eigenvalue weighted by Crippen LogP contribution is 2.13. The summed E-state index contributed by atoms with van der Waals surface area (Å²) in [6.07, 6.45) is 2.82. The van der Waals surface area contributed by atoms with Crippen LogP contribution < -0.4 is 10.1 Å². The van der Waals surface area contributed by atoms with Crippen LogP contribution in [0.4, 0.5) is 0 Å². The van der Waals surface area contributed by atoms with Gasteiger partial charge in [-0.1, -0.05) is 6.07 Å². The molecule has 1 aromatic rings. The molecule has 0 aliphatic heterocycles. The summed E-state index contributed by atoms with van der Waals surface area (Å²) in [6, 6.07) is 3.94. The molecule has 1 aromatic heterocycles. The molecule has 14 heavy (non-hydrogen) atoms. The summed E-state index contributed by atoms with van der Waals surface area (Å²) in [4.78, 5) is 4.17. The third-order valence-electron chi connectivity index (χ3n) is 2.33. The van der Waals surface area contributed by atoms with Crippen molar-refractivity contribution in [1.82, 2.24) is 10.3 Å². The Hall–Kier alpha value is -1.09. The summed E-state index contributed by atoms with van der Waals surface area (Å²) in [5.74, 6) is 0.663. The lowest BCUT2D eigenvalue weighted by Gasteiger charge is -2.23. The van der Waals surface area contributed by atoms with Gasteiger partial charge in [-0.25, -0.2) is 4.98 Å². The summed E-state index contributed by atoms with van der Waals surface area (Å²) in [5, 5.41) is 3.26. The average Bonchev–Trinajstić information content (AvgIpc) is 2.19. The van der Waals surface area contributed by atoms with Crippen molar-refractivity contribution in [1.29, 1.82) is 0 Å². The highest BCUT2D eigenvalue weighted by molar-refractivity contribution is 5.19. The Bertz CT molecular complexity index is 280. The van der Waals surface area contributed by atoms with Crippen molar-refractivity contribution in [2.24, 2.45) is 0 Å². The van der Waals surface area contributed by atoms with Crippen LogP contribution in [0.15, 0.2) is 18.3 Å². The van der Waals surface area contributed by atoms with E-state index in [1.54, 1.807) is 7.11 Å². The van der Waals surface area contributed by atoms with Crippen molar-refractivity contribution < 1.29 is 4.74 Å². The van der Waals surface area contributed by atoms with Crippen LogP contribution in [-0.2, 0) is 6.42 Å². The molecule has 0 saturated heterocycles. The van der Waals surface area contributed by atoms with Gasteiger partial charge in [-0.2, -0.15) is 0 Å². The van der Waals surface area contributed by atoms with Crippen molar-refractivity contribution in [3.63, 3.8) is 0 Å². The number of aromatic nitrogens is 1. The van der Waals surface area contributed by atoms with Gasteiger partial charge >= 0.3 is 0 Å². The van der Waals surface area contributed by atoms with E-state index in [0.29, 0.717) is 5.88 Å². The first-order chi connectivity index (χ1) is 6.57. The molecule has 3 nitrogen and oxygen atoms in total. The minimum Gasteiger partial charge on any atom is -0.481 e. The summed E-state index contributed by atoms with van der Waals surface area (Å²) in [7, 11) is 3.59. The van der Waals surface area contributed by atoms with E-state index in [2.05, 4.69) is 24.1 Å². The Morgan fingerprint density at radius 2 is 2.14 bits per heavy atom. The smallest absolute Gasteiger partial charge is 0.212 e. The van der Waals surface area contributed by atoms with E-state index >= 15 is 0 Å². The normalized spacial score (nSPS) is 11.4. The number of hydrogen-bond donors (Lipinski definition) is 1. The van der Waals surface area contributed by atoms with E-state index in [9.17, 15) is 0 Å². The first-order valence-electron chi connectivity index (χ1n) is 4.75. The number of nitrogens with zero attached hydrogens (tertiary/aromatic N) is 1. The molecule has 3 heteroatoms. The topological polar surface area (TPSA) is 34.1 Å². The Morgan fingerprint density at radius 3 is 2.57 bits per heavy atom. The summed E-state index contributed by atoms with van der Waals surface area (Å²) < 4.78 is 5.00. The molecule has 0 spiro atoms. The average molecular weight is 194 g/mol. The molecule has 0 aromatic carbocycles. The highest BCUT2D eigenvalue weighted by Gasteiger charge is 2.15. The third-order valence-corrected chi connectivity index (χ3v) is 2.33. The number of likely N-dealkylation sites (N-methyl/N-ethyl adjacent to an activating group) is 1. The van der Waals surface area contributed by atoms with Crippen LogP contribution in [-0.4, -0.2) is 24.7 Å². The lowest BCUT2D eigenvalue weighted by atomic mass is 9.96. The third kappa shape index (κ3) is 3.00. The molecular weight excluding hydrogens is 176 g/mol. The molecule has 1 heterocycles. The molecule has 0 fully saturated rings. The first-order valence-corrected chi connectivity index (χ1v) is 4.75. The maximum atomic E-state index is 5.00. The number of ether oxygens (including phenoxy) is 1. The van der Waals surface area contributed by atoms with E-state index in [-0.39, 0.29) is 5.54 Å². The zero-order valence-corrected chi connectivity index (χ0v) is 9.29. The van der Waals surface area contributed by atoms with Gasteiger partial charge in [0, 0.05) is 17.8 Å². The fraction of sp³-hybridized carbons (Fsp3) is 0.545. The zero-order valence-electron chi connectivity index (χ0n) is 9.29. The molecule has 78 valence electrons. The van der Waals surface area contributed by atoms with Gasteiger partial charge in [-0.3, -0.25) is 0 Å². The van der Waals surface area contributed by atoms with Gasteiger partial charge < -0.3 is 10.1 Å². The summed E-state index contributed by atoms with van der Waals surface area (Å²) in [5.41, 5.74) is 1.32. The van der Waals surface area contributed by atoms with Crippen LogP contribution >= 0.6 is 0 Å². The van der Waals surface area contributed by atoms with E-state index in [1.807, 2.05) is 25.4 Å². The number of pyridine rings is 1. The van der Waals surface area contributed by atoms with Crippen LogP contribution in [0, 0.1) is 0 Å². The van der Waals surface area contributed by atoms with Crippen LogP contribution in [0.2, 0.25) is 0 Å². The Balaban J connectivity index is 2.69. The Morgan fingerprint density at radius 1 is 1.43 bits per heavy atom.